The Kier molecular flexibility index (Phi) is 5.44. The molecule has 1 atom stereocenters. The predicted molar refractivity (Wildman–Crippen MR) is 97.7 cm³/mol. The molecule has 1 amide bonds. The minimum atomic E-state index is -0.614. The summed E-state index contributed by atoms with van der Waals surface area (Å²) in [5.74, 6) is 0.849. The van der Waals surface area contributed by atoms with Gasteiger partial charge >= 0.3 is 0 Å². The van der Waals surface area contributed by atoms with Crippen LogP contribution < -0.4 is 19.5 Å². The molecule has 1 heterocycles. The van der Waals surface area contributed by atoms with E-state index >= 15 is 0 Å². The Morgan fingerprint density at radius 3 is 2.67 bits per heavy atom. The van der Waals surface area contributed by atoms with Gasteiger partial charge in [0.2, 0.25) is 0 Å². The van der Waals surface area contributed by atoms with Gasteiger partial charge in [0.05, 0.1) is 31.8 Å². The molecule has 0 fully saturated rings. The quantitative estimate of drug-likeness (QED) is 0.618. The smallest absolute Gasteiger partial charge is 0.286 e. The van der Waals surface area contributed by atoms with Crippen molar-refractivity contribution in [3.05, 3.63) is 57.6 Å². The molecule has 0 saturated heterocycles. The van der Waals surface area contributed by atoms with Crippen LogP contribution in [0.1, 0.15) is 15.9 Å². The number of hydrogen-bond donors (Lipinski definition) is 1. The van der Waals surface area contributed by atoms with Crippen molar-refractivity contribution in [3.63, 3.8) is 0 Å². The summed E-state index contributed by atoms with van der Waals surface area (Å²) in [5.41, 5.74) is 0.672. The Bertz CT molecular complexity index is 867. The first-order valence-corrected chi connectivity index (χ1v) is 8.42. The lowest BCUT2D eigenvalue weighted by molar-refractivity contribution is -0.385. The van der Waals surface area contributed by atoms with Crippen molar-refractivity contribution in [3.8, 4) is 17.2 Å². The van der Waals surface area contributed by atoms with Gasteiger partial charge in [0.25, 0.3) is 11.6 Å². The second-order valence-corrected chi connectivity index (χ2v) is 6.18. The lowest BCUT2D eigenvalue weighted by atomic mass is 9.96. The van der Waals surface area contributed by atoms with E-state index in [1.165, 1.54) is 26.4 Å². The molecule has 1 N–H and O–H groups in total. The summed E-state index contributed by atoms with van der Waals surface area (Å²) in [6.45, 7) is 0.823. The van der Waals surface area contributed by atoms with Crippen LogP contribution in [-0.2, 0) is 6.42 Å². The summed E-state index contributed by atoms with van der Waals surface area (Å²) < 4.78 is 15.9. The molecule has 3 rings (SSSR count). The third kappa shape index (κ3) is 3.94. The summed E-state index contributed by atoms with van der Waals surface area (Å²) in [4.78, 5) is 23.3. The van der Waals surface area contributed by atoms with Gasteiger partial charge in [-0.2, -0.15) is 0 Å². The van der Waals surface area contributed by atoms with Crippen molar-refractivity contribution in [2.75, 3.05) is 27.4 Å². The average Bonchev–Trinajstić information content (AvgIpc) is 2.70. The van der Waals surface area contributed by atoms with Gasteiger partial charge in [-0.1, -0.05) is 18.2 Å². The summed E-state index contributed by atoms with van der Waals surface area (Å²) in [7, 11) is 2.78. The van der Waals surface area contributed by atoms with Crippen LogP contribution in [-0.4, -0.2) is 38.2 Å². The van der Waals surface area contributed by atoms with Crippen LogP contribution in [0.25, 0.3) is 0 Å². The summed E-state index contributed by atoms with van der Waals surface area (Å²) in [5, 5.41) is 14.1. The molecule has 1 aliphatic rings. The Morgan fingerprint density at radius 1 is 1.26 bits per heavy atom. The molecule has 2 aromatic rings. The van der Waals surface area contributed by atoms with Crippen LogP contribution in [0.15, 0.2) is 36.4 Å². The van der Waals surface area contributed by atoms with E-state index in [1.807, 2.05) is 24.3 Å². The normalized spacial score (nSPS) is 15.3. The van der Waals surface area contributed by atoms with Crippen molar-refractivity contribution in [1.29, 1.82) is 0 Å². The number of methoxy groups -OCH3 is 2. The number of nitrogens with one attached hydrogen (secondary N) is 1. The fraction of sp³-hybridized carbons (Fsp3) is 0.316. The van der Waals surface area contributed by atoms with E-state index in [0.29, 0.717) is 13.2 Å². The third-order valence-electron chi connectivity index (χ3n) is 4.45. The van der Waals surface area contributed by atoms with Crippen molar-refractivity contribution >= 4 is 11.6 Å². The van der Waals surface area contributed by atoms with Crippen molar-refractivity contribution in [2.45, 2.75) is 6.42 Å². The largest absolute Gasteiger partial charge is 0.493 e. The number of carbonyl (C=O) groups excluding carboxylic acids is 1. The molecule has 0 radical (unpaired) electrons. The van der Waals surface area contributed by atoms with Crippen LogP contribution in [0.5, 0.6) is 17.2 Å². The van der Waals surface area contributed by atoms with Crippen molar-refractivity contribution in [2.24, 2.45) is 5.92 Å². The standard InChI is InChI=1S/C19H20N2O6/c1-25-17-8-14(15(21(23)24)9-18(17)26-2)19(22)20-10-12-7-13-5-3-4-6-16(13)27-11-12/h3-6,8-9,12H,7,10-11H2,1-2H3,(H,20,22). The van der Waals surface area contributed by atoms with E-state index in [9.17, 15) is 14.9 Å². The highest BCUT2D eigenvalue weighted by Crippen LogP contribution is 2.34. The molecule has 0 aliphatic carbocycles. The van der Waals surface area contributed by atoms with Crippen molar-refractivity contribution in [1.82, 2.24) is 5.32 Å². The average molecular weight is 372 g/mol. The number of rotatable bonds is 6. The summed E-state index contributed by atoms with van der Waals surface area (Å²) in [6.07, 6.45) is 0.768. The number of carbonyl (C=O) groups is 1. The Morgan fingerprint density at radius 2 is 1.96 bits per heavy atom. The monoisotopic (exact) mass is 372 g/mol. The minimum absolute atomic E-state index is 0.0743. The van der Waals surface area contributed by atoms with Gasteiger partial charge < -0.3 is 19.5 Å². The van der Waals surface area contributed by atoms with Gasteiger partial charge in [-0.25, -0.2) is 0 Å². The molecular weight excluding hydrogens is 352 g/mol. The fourth-order valence-corrected chi connectivity index (χ4v) is 3.06. The number of fused-ring (bicyclic) bond motifs is 1. The second-order valence-electron chi connectivity index (χ2n) is 6.18. The van der Waals surface area contributed by atoms with E-state index < -0.39 is 10.8 Å². The molecule has 8 nitrogen and oxygen atoms in total. The first-order valence-electron chi connectivity index (χ1n) is 8.42. The van der Waals surface area contributed by atoms with Crippen LogP contribution in [0.2, 0.25) is 0 Å². The van der Waals surface area contributed by atoms with Gasteiger partial charge in [0.1, 0.15) is 11.3 Å². The zero-order valence-electron chi connectivity index (χ0n) is 15.1. The molecule has 142 valence electrons. The number of nitro benzene ring substituents is 1. The molecule has 0 bridgehead atoms. The Balaban J connectivity index is 1.73. The molecule has 1 unspecified atom stereocenters. The number of benzene rings is 2. The molecule has 2 aromatic carbocycles. The lowest BCUT2D eigenvalue weighted by Gasteiger charge is -2.25. The molecular formula is C19H20N2O6. The zero-order valence-corrected chi connectivity index (χ0v) is 15.1. The van der Waals surface area contributed by atoms with E-state index in [4.69, 9.17) is 14.2 Å². The molecule has 0 saturated carbocycles. The number of hydrogen-bond acceptors (Lipinski definition) is 6. The first-order chi connectivity index (χ1) is 13.0. The van der Waals surface area contributed by atoms with E-state index in [0.717, 1.165) is 17.7 Å². The molecule has 8 heteroatoms. The highest BCUT2D eigenvalue weighted by molar-refractivity contribution is 5.99. The highest BCUT2D eigenvalue weighted by atomic mass is 16.6. The van der Waals surface area contributed by atoms with E-state index in [-0.39, 0.29) is 28.7 Å². The predicted octanol–water partition coefficient (Wildman–Crippen LogP) is 2.59. The summed E-state index contributed by atoms with van der Waals surface area (Å²) in [6, 6.07) is 10.3. The highest BCUT2D eigenvalue weighted by Gasteiger charge is 2.26. The van der Waals surface area contributed by atoms with Gasteiger partial charge in [0.15, 0.2) is 11.5 Å². The van der Waals surface area contributed by atoms with Gasteiger partial charge in [-0.15, -0.1) is 0 Å². The van der Waals surface area contributed by atoms with Crippen molar-refractivity contribution < 1.29 is 23.9 Å². The number of nitrogens with zero attached hydrogens (tertiary/aromatic N) is 1. The topological polar surface area (TPSA) is 99.9 Å². The van der Waals surface area contributed by atoms with Gasteiger partial charge in [-0.05, 0) is 18.1 Å². The van der Waals surface area contributed by atoms with E-state index in [2.05, 4.69) is 5.32 Å². The maximum absolute atomic E-state index is 12.6. The van der Waals surface area contributed by atoms with Gasteiger partial charge in [0, 0.05) is 18.5 Å². The maximum atomic E-state index is 12.6. The van der Waals surface area contributed by atoms with Crippen LogP contribution >= 0.6 is 0 Å². The van der Waals surface area contributed by atoms with Crippen LogP contribution in [0.3, 0.4) is 0 Å². The van der Waals surface area contributed by atoms with Crippen LogP contribution in [0.4, 0.5) is 5.69 Å². The molecule has 0 aromatic heterocycles. The molecule has 0 spiro atoms. The Hall–Kier alpha value is -3.29. The second kappa shape index (κ2) is 7.94. The van der Waals surface area contributed by atoms with E-state index in [1.54, 1.807) is 0 Å². The first kappa shape index (κ1) is 18.5. The maximum Gasteiger partial charge on any atom is 0.286 e. The number of amides is 1. The molecule has 27 heavy (non-hydrogen) atoms. The van der Waals surface area contributed by atoms with Crippen LogP contribution in [0, 0.1) is 16.0 Å². The fourth-order valence-electron chi connectivity index (χ4n) is 3.06. The Labute approximate surface area is 156 Å². The third-order valence-corrected chi connectivity index (χ3v) is 4.45. The molecule has 1 aliphatic heterocycles. The lowest BCUT2D eigenvalue weighted by Crippen LogP contribution is -2.35. The minimum Gasteiger partial charge on any atom is -0.493 e. The van der Waals surface area contributed by atoms with Gasteiger partial charge in [-0.3, -0.25) is 14.9 Å². The number of para-hydroxylation sites is 1. The number of nitro groups is 1. The number of ether oxygens (including phenoxy) is 3. The zero-order chi connectivity index (χ0) is 19.4. The SMILES string of the molecule is COc1cc(C(=O)NCC2COc3ccccc3C2)c([N+](=O)[O-])cc1OC. The summed E-state index contributed by atoms with van der Waals surface area (Å²) >= 11 is 0.